The number of Topliss-reactive ketones (excluding diaryl/α,β-unsaturated/α-hetero) is 1. The second-order valence-electron chi connectivity index (χ2n) is 4.13. The van der Waals surface area contributed by atoms with Gasteiger partial charge in [0.2, 0.25) is 0 Å². The number of carbonyl (C=O) groups excluding carboxylic acids is 1. The Labute approximate surface area is 94.4 Å². The van der Waals surface area contributed by atoms with Crippen LogP contribution in [0.25, 0.3) is 0 Å². The summed E-state index contributed by atoms with van der Waals surface area (Å²) in [6.45, 7) is 2.54. The van der Waals surface area contributed by atoms with Crippen molar-refractivity contribution >= 4 is 5.78 Å². The summed E-state index contributed by atoms with van der Waals surface area (Å²) in [7, 11) is 0. The highest BCUT2D eigenvalue weighted by molar-refractivity contribution is 6.01. The number of carbonyl (C=O) groups is 1. The van der Waals surface area contributed by atoms with Gasteiger partial charge in [0.15, 0.2) is 5.78 Å². The number of rotatable bonds is 5. The second kappa shape index (κ2) is 4.64. The van der Waals surface area contributed by atoms with Crippen LogP contribution >= 0.6 is 0 Å². The molecule has 1 aromatic carbocycles. The first-order valence-electron chi connectivity index (χ1n) is 5.69. The van der Waals surface area contributed by atoms with Crippen LogP contribution in [0.5, 0.6) is 5.75 Å². The highest BCUT2D eigenvalue weighted by atomic mass is 19.1. The van der Waals surface area contributed by atoms with Crippen LogP contribution < -0.4 is 4.74 Å². The second-order valence-corrected chi connectivity index (χ2v) is 4.13. The van der Waals surface area contributed by atoms with E-state index < -0.39 is 0 Å². The van der Waals surface area contributed by atoms with Gasteiger partial charge in [-0.1, -0.05) is 6.92 Å². The van der Waals surface area contributed by atoms with Crippen LogP contribution in [-0.2, 0) is 0 Å². The van der Waals surface area contributed by atoms with Crippen LogP contribution in [0.3, 0.4) is 0 Å². The molecule has 0 atom stereocenters. The molecule has 2 nitrogen and oxygen atoms in total. The summed E-state index contributed by atoms with van der Waals surface area (Å²) in [6, 6.07) is 4.15. The summed E-state index contributed by atoms with van der Waals surface area (Å²) >= 11 is 0. The molecular formula is C13H15FO2. The molecule has 0 amide bonds. The molecule has 1 aliphatic rings. The molecule has 0 aromatic heterocycles. The van der Waals surface area contributed by atoms with Crippen molar-refractivity contribution < 1.29 is 13.9 Å². The fourth-order valence-electron chi connectivity index (χ4n) is 1.60. The number of ketones is 1. The first-order chi connectivity index (χ1) is 7.72. The minimum absolute atomic E-state index is 0.0191. The zero-order chi connectivity index (χ0) is 11.5. The Balaban J connectivity index is 2.24. The number of benzene rings is 1. The molecule has 0 unspecified atom stereocenters. The van der Waals surface area contributed by atoms with Crippen molar-refractivity contribution in [1.29, 1.82) is 0 Å². The Bertz CT molecular complexity index is 397. The standard InChI is InChI=1S/C13H15FO2/c1-2-7-16-12-6-5-10(14)8-11(12)13(15)9-3-4-9/h5-6,8-9H,2-4,7H2,1H3. The lowest BCUT2D eigenvalue weighted by Gasteiger charge is -2.09. The van der Waals surface area contributed by atoms with Gasteiger partial charge < -0.3 is 4.74 Å². The maximum Gasteiger partial charge on any atom is 0.169 e. The maximum absolute atomic E-state index is 13.1. The highest BCUT2D eigenvalue weighted by Gasteiger charge is 2.32. The molecule has 0 heterocycles. The van der Waals surface area contributed by atoms with Gasteiger partial charge in [0.05, 0.1) is 12.2 Å². The van der Waals surface area contributed by atoms with Crippen LogP contribution in [0.4, 0.5) is 4.39 Å². The van der Waals surface area contributed by atoms with Gasteiger partial charge in [-0.2, -0.15) is 0 Å². The molecule has 3 heteroatoms. The van der Waals surface area contributed by atoms with E-state index in [2.05, 4.69) is 0 Å². The Morgan fingerprint density at radius 2 is 2.25 bits per heavy atom. The first-order valence-corrected chi connectivity index (χ1v) is 5.69. The lowest BCUT2D eigenvalue weighted by Crippen LogP contribution is -2.07. The lowest BCUT2D eigenvalue weighted by atomic mass is 10.1. The molecule has 1 fully saturated rings. The molecule has 1 saturated carbocycles. The van der Waals surface area contributed by atoms with Crippen LogP contribution in [0.15, 0.2) is 18.2 Å². The van der Waals surface area contributed by atoms with E-state index in [-0.39, 0.29) is 17.5 Å². The maximum atomic E-state index is 13.1. The Hall–Kier alpha value is -1.38. The Morgan fingerprint density at radius 3 is 2.88 bits per heavy atom. The predicted octanol–water partition coefficient (Wildman–Crippen LogP) is 3.21. The molecule has 0 bridgehead atoms. The van der Waals surface area contributed by atoms with Crippen LogP contribution in [0, 0.1) is 11.7 Å². The monoisotopic (exact) mass is 222 g/mol. The summed E-state index contributed by atoms with van der Waals surface area (Å²) in [6.07, 6.45) is 2.71. The molecule has 1 aliphatic carbocycles. The number of ether oxygens (including phenoxy) is 1. The van der Waals surface area contributed by atoms with Gasteiger partial charge in [0, 0.05) is 5.92 Å². The van der Waals surface area contributed by atoms with Crippen molar-refractivity contribution in [2.24, 2.45) is 5.92 Å². The molecule has 16 heavy (non-hydrogen) atoms. The van der Waals surface area contributed by atoms with Crippen molar-refractivity contribution in [2.75, 3.05) is 6.61 Å². The van der Waals surface area contributed by atoms with Crippen molar-refractivity contribution in [3.8, 4) is 5.75 Å². The minimum Gasteiger partial charge on any atom is -0.493 e. The van der Waals surface area contributed by atoms with Gasteiger partial charge >= 0.3 is 0 Å². The van der Waals surface area contributed by atoms with Gasteiger partial charge in [-0.15, -0.1) is 0 Å². The summed E-state index contributed by atoms with van der Waals surface area (Å²) in [5.41, 5.74) is 0.399. The molecular weight excluding hydrogens is 207 g/mol. The third kappa shape index (κ3) is 2.40. The predicted molar refractivity (Wildman–Crippen MR) is 59.2 cm³/mol. The van der Waals surface area contributed by atoms with Gasteiger partial charge in [-0.25, -0.2) is 4.39 Å². The average Bonchev–Trinajstić information content (AvgIpc) is 3.10. The van der Waals surface area contributed by atoms with E-state index in [0.717, 1.165) is 19.3 Å². The van der Waals surface area contributed by atoms with E-state index >= 15 is 0 Å². The molecule has 86 valence electrons. The van der Waals surface area contributed by atoms with Gasteiger partial charge in [0.1, 0.15) is 11.6 Å². The van der Waals surface area contributed by atoms with E-state index in [1.807, 2.05) is 6.92 Å². The van der Waals surface area contributed by atoms with Gasteiger partial charge in [0.25, 0.3) is 0 Å². The van der Waals surface area contributed by atoms with Crippen LogP contribution in [0.1, 0.15) is 36.5 Å². The van der Waals surface area contributed by atoms with Crippen LogP contribution in [-0.4, -0.2) is 12.4 Å². The highest BCUT2D eigenvalue weighted by Crippen LogP contribution is 2.35. The summed E-state index contributed by atoms with van der Waals surface area (Å²) in [4.78, 5) is 11.9. The largest absolute Gasteiger partial charge is 0.493 e. The molecule has 0 aliphatic heterocycles. The molecule has 0 radical (unpaired) electrons. The van der Waals surface area contributed by atoms with E-state index in [4.69, 9.17) is 4.74 Å². The summed E-state index contributed by atoms with van der Waals surface area (Å²) < 4.78 is 18.6. The third-order valence-corrected chi connectivity index (χ3v) is 2.62. The van der Waals surface area contributed by atoms with E-state index in [1.165, 1.54) is 12.1 Å². The summed E-state index contributed by atoms with van der Waals surface area (Å²) in [5.74, 6) is 0.240. The van der Waals surface area contributed by atoms with E-state index in [9.17, 15) is 9.18 Å². The van der Waals surface area contributed by atoms with E-state index in [0.29, 0.717) is 17.9 Å². The fraction of sp³-hybridized carbons (Fsp3) is 0.462. The van der Waals surface area contributed by atoms with Gasteiger partial charge in [-0.3, -0.25) is 4.79 Å². The fourth-order valence-corrected chi connectivity index (χ4v) is 1.60. The van der Waals surface area contributed by atoms with Gasteiger partial charge in [-0.05, 0) is 37.5 Å². The zero-order valence-electron chi connectivity index (χ0n) is 9.33. The van der Waals surface area contributed by atoms with Crippen molar-refractivity contribution in [2.45, 2.75) is 26.2 Å². The quantitative estimate of drug-likeness (QED) is 0.715. The van der Waals surface area contributed by atoms with Crippen molar-refractivity contribution in [3.63, 3.8) is 0 Å². The SMILES string of the molecule is CCCOc1ccc(F)cc1C(=O)C1CC1. The smallest absolute Gasteiger partial charge is 0.169 e. The topological polar surface area (TPSA) is 26.3 Å². The summed E-state index contributed by atoms with van der Waals surface area (Å²) in [5, 5.41) is 0. The molecule has 0 spiro atoms. The molecule has 1 aromatic rings. The zero-order valence-corrected chi connectivity index (χ0v) is 9.33. The van der Waals surface area contributed by atoms with Crippen molar-refractivity contribution in [3.05, 3.63) is 29.6 Å². The molecule has 0 N–H and O–H groups in total. The minimum atomic E-state index is -0.382. The normalized spacial score (nSPS) is 14.9. The Kier molecular flexibility index (Phi) is 3.22. The average molecular weight is 222 g/mol. The van der Waals surface area contributed by atoms with Crippen LogP contribution in [0.2, 0.25) is 0 Å². The number of hydrogen-bond donors (Lipinski definition) is 0. The lowest BCUT2D eigenvalue weighted by molar-refractivity contribution is 0.0963. The first kappa shape index (κ1) is 11.1. The molecule has 2 rings (SSSR count). The number of halogens is 1. The van der Waals surface area contributed by atoms with E-state index in [1.54, 1.807) is 6.07 Å². The molecule has 0 saturated heterocycles. The van der Waals surface area contributed by atoms with Crippen molar-refractivity contribution in [1.82, 2.24) is 0 Å². The Morgan fingerprint density at radius 1 is 1.50 bits per heavy atom. The third-order valence-electron chi connectivity index (χ3n) is 2.62. The number of hydrogen-bond acceptors (Lipinski definition) is 2.